The van der Waals surface area contributed by atoms with E-state index < -0.39 is 5.41 Å². The summed E-state index contributed by atoms with van der Waals surface area (Å²) in [4.78, 5) is 16.3. The Morgan fingerprint density at radius 2 is 1.91 bits per heavy atom. The second kappa shape index (κ2) is 7.27. The van der Waals surface area contributed by atoms with Gasteiger partial charge in [0.25, 0.3) is 0 Å². The van der Waals surface area contributed by atoms with Crippen LogP contribution < -0.4 is 10.6 Å². The van der Waals surface area contributed by atoms with Gasteiger partial charge >= 0.3 is 0 Å². The highest BCUT2D eigenvalue weighted by atomic mass is 35.5. The predicted molar refractivity (Wildman–Crippen MR) is 91.1 cm³/mol. The highest BCUT2D eigenvalue weighted by Crippen LogP contribution is 2.20. The molecule has 2 N–H and O–H groups in total. The summed E-state index contributed by atoms with van der Waals surface area (Å²) in [6, 6.07) is 13.5. The van der Waals surface area contributed by atoms with Crippen LogP contribution in [0.3, 0.4) is 0 Å². The van der Waals surface area contributed by atoms with Crippen molar-refractivity contribution in [3.8, 4) is 0 Å². The van der Waals surface area contributed by atoms with E-state index in [0.717, 1.165) is 17.1 Å². The zero-order valence-electron chi connectivity index (χ0n) is 12.8. The van der Waals surface area contributed by atoms with E-state index in [4.69, 9.17) is 11.6 Å². The average Bonchev–Trinajstić information content (AvgIpc) is 2.55. The molecule has 0 bridgehead atoms. The molecule has 0 aliphatic rings. The van der Waals surface area contributed by atoms with Crippen molar-refractivity contribution in [3.05, 3.63) is 54.2 Å². The van der Waals surface area contributed by atoms with Crippen LogP contribution in [0.25, 0.3) is 0 Å². The lowest BCUT2D eigenvalue weighted by Crippen LogP contribution is -2.32. The van der Waals surface area contributed by atoms with Crippen LogP contribution in [-0.2, 0) is 11.3 Å². The number of anilines is 2. The van der Waals surface area contributed by atoms with E-state index in [0.29, 0.717) is 6.54 Å². The van der Waals surface area contributed by atoms with Crippen molar-refractivity contribution in [2.24, 2.45) is 5.41 Å². The second-order valence-electron chi connectivity index (χ2n) is 5.74. The lowest BCUT2D eigenvalue weighted by molar-refractivity contribution is -0.122. The van der Waals surface area contributed by atoms with Crippen LogP contribution in [0.15, 0.2) is 48.7 Å². The van der Waals surface area contributed by atoms with Gasteiger partial charge in [0.2, 0.25) is 5.91 Å². The summed E-state index contributed by atoms with van der Waals surface area (Å²) < 4.78 is 0. The van der Waals surface area contributed by atoms with E-state index in [1.807, 2.05) is 56.3 Å². The molecule has 4 nitrogen and oxygen atoms in total. The summed E-state index contributed by atoms with van der Waals surface area (Å²) >= 11 is 5.80. The van der Waals surface area contributed by atoms with Gasteiger partial charge in [0.1, 0.15) is 5.82 Å². The van der Waals surface area contributed by atoms with Crippen LogP contribution in [-0.4, -0.2) is 16.8 Å². The van der Waals surface area contributed by atoms with Crippen LogP contribution in [0.1, 0.15) is 19.4 Å². The van der Waals surface area contributed by atoms with Gasteiger partial charge in [-0.1, -0.05) is 18.2 Å². The molecule has 2 aromatic rings. The SMILES string of the molecule is CC(C)(CCl)C(=O)Nc1ccc(CNc2ccccn2)cc1. The van der Waals surface area contributed by atoms with Gasteiger partial charge in [0, 0.05) is 24.3 Å². The smallest absolute Gasteiger partial charge is 0.231 e. The molecule has 1 aromatic carbocycles. The molecule has 1 aromatic heterocycles. The van der Waals surface area contributed by atoms with Gasteiger partial charge in [-0.05, 0) is 43.7 Å². The first kappa shape index (κ1) is 16.3. The quantitative estimate of drug-likeness (QED) is 0.795. The first-order chi connectivity index (χ1) is 10.5. The normalized spacial score (nSPS) is 11.0. The van der Waals surface area contributed by atoms with Crippen LogP contribution in [0.5, 0.6) is 0 Å². The van der Waals surface area contributed by atoms with E-state index in [-0.39, 0.29) is 11.8 Å². The number of hydrogen-bond acceptors (Lipinski definition) is 3. The van der Waals surface area contributed by atoms with Crippen LogP contribution in [0.2, 0.25) is 0 Å². The molecule has 2 rings (SSSR count). The van der Waals surface area contributed by atoms with Gasteiger partial charge in [0.15, 0.2) is 0 Å². The van der Waals surface area contributed by atoms with Gasteiger partial charge in [-0.15, -0.1) is 11.6 Å². The molecule has 0 radical (unpaired) electrons. The number of rotatable bonds is 6. The monoisotopic (exact) mass is 317 g/mol. The maximum atomic E-state index is 12.0. The van der Waals surface area contributed by atoms with Gasteiger partial charge in [-0.25, -0.2) is 4.98 Å². The first-order valence-electron chi connectivity index (χ1n) is 7.12. The Bertz CT molecular complexity index is 612. The highest BCUT2D eigenvalue weighted by Gasteiger charge is 2.26. The fourth-order valence-electron chi connectivity index (χ4n) is 1.73. The van der Waals surface area contributed by atoms with Crippen LogP contribution in [0, 0.1) is 5.41 Å². The number of alkyl halides is 1. The molecule has 0 aliphatic carbocycles. The minimum atomic E-state index is -0.583. The Balaban J connectivity index is 1.92. The summed E-state index contributed by atoms with van der Waals surface area (Å²) in [5.74, 6) is 1.04. The third-order valence-corrected chi connectivity index (χ3v) is 3.97. The Morgan fingerprint density at radius 3 is 2.50 bits per heavy atom. The number of benzene rings is 1. The van der Waals surface area contributed by atoms with E-state index in [1.165, 1.54) is 0 Å². The summed E-state index contributed by atoms with van der Waals surface area (Å²) in [6.07, 6.45) is 1.75. The summed E-state index contributed by atoms with van der Waals surface area (Å²) in [6.45, 7) is 4.32. The second-order valence-corrected chi connectivity index (χ2v) is 6.00. The number of nitrogens with zero attached hydrogens (tertiary/aromatic N) is 1. The molecule has 0 aliphatic heterocycles. The zero-order chi connectivity index (χ0) is 16.0. The molecule has 0 atom stereocenters. The molecule has 116 valence electrons. The van der Waals surface area contributed by atoms with Crippen molar-refractivity contribution in [2.75, 3.05) is 16.5 Å². The van der Waals surface area contributed by atoms with Crippen molar-refractivity contribution in [1.82, 2.24) is 4.98 Å². The predicted octanol–water partition coefficient (Wildman–Crippen LogP) is 3.90. The number of hydrogen-bond donors (Lipinski definition) is 2. The van der Waals surface area contributed by atoms with E-state index in [1.54, 1.807) is 6.20 Å². The maximum absolute atomic E-state index is 12.0. The molecular weight excluding hydrogens is 298 g/mol. The Labute approximate surface area is 135 Å². The standard InChI is InChI=1S/C17H20ClN3O/c1-17(2,12-18)16(22)21-14-8-6-13(7-9-14)11-20-15-5-3-4-10-19-15/h3-10H,11-12H2,1-2H3,(H,19,20)(H,21,22). The fourth-order valence-corrected chi connectivity index (χ4v) is 1.85. The average molecular weight is 318 g/mol. The molecule has 0 saturated carbocycles. The number of pyridine rings is 1. The fraction of sp³-hybridized carbons (Fsp3) is 0.294. The molecular formula is C17H20ClN3O. The molecule has 5 heteroatoms. The molecule has 1 amide bonds. The highest BCUT2D eigenvalue weighted by molar-refractivity contribution is 6.20. The Kier molecular flexibility index (Phi) is 5.39. The third kappa shape index (κ3) is 4.46. The van der Waals surface area contributed by atoms with E-state index >= 15 is 0 Å². The Hall–Kier alpha value is -2.07. The van der Waals surface area contributed by atoms with Crippen molar-refractivity contribution < 1.29 is 4.79 Å². The first-order valence-corrected chi connectivity index (χ1v) is 7.66. The summed E-state index contributed by atoms with van der Waals surface area (Å²) in [5.41, 5.74) is 1.30. The van der Waals surface area contributed by atoms with Gasteiger partial charge in [0.05, 0.1) is 5.41 Å². The lowest BCUT2D eigenvalue weighted by atomic mass is 9.95. The molecule has 1 heterocycles. The topological polar surface area (TPSA) is 54.0 Å². The van der Waals surface area contributed by atoms with Crippen LogP contribution in [0.4, 0.5) is 11.5 Å². The minimum Gasteiger partial charge on any atom is -0.366 e. The molecule has 0 saturated heterocycles. The minimum absolute atomic E-state index is 0.0816. The number of aromatic nitrogens is 1. The van der Waals surface area contributed by atoms with Crippen molar-refractivity contribution in [1.29, 1.82) is 0 Å². The lowest BCUT2D eigenvalue weighted by Gasteiger charge is -2.20. The van der Waals surface area contributed by atoms with Crippen LogP contribution >= 0.6 is 11.6 Å². The number of nitrogens with one attached hydrogen (secondary N) is 2. The number of amides is 1. The van der Waals surface area contributed by atoms with Gasteiger partial charge < -0.3 is 10.6 Å². The van der Waals surface area contributed by atoms with Gasteiger partial charge in [-0.3, -0.25) is 4.79 Å². The molecule has 0 unspecified atom stereocenters. The van der Waals surface area contributed by atoms with E-state index in [2.05, 4.69) is 15.6 Å². The molecule has 0 spiro atoms. The number of halogens is 1. The largest absolute Gasteiger partial charge is 0.366 e. The maximum Gasteiger partial charge on any atom is 0.231 e. The summed E-state index contributed by atoms with van der Waals surface area (Å²) in [7, 11) is 0. The summed E-state index contributed by atoms with van der Waals surface area (Å²) in [5, 5.41) is 6.12. The molecule has 0 fully saturated rings. The third-order valence-electron chi connectivity index (χ3n) is 3.30. The zero-order valence-corrected chi connectivity index (χ0v) is 13.5. The van der Waals surface area contributed by atoms with Crippen molar-refractivity contribution in [3.63, 3.8) is 0 Å². The number of carbonyl (C=O) groups is 1. The van der Waals surface area contributed by atoms with E-state index in [9.17, 15) is 4.79 Å². The van der Waals surface area contributed by atoms with Gasteiger partial charge in [-0.2, -0.15) is 0 Å². The molecule has 22 heavy (non-hydrogen) atoms. The van der Waals surface area contributed by atoms with Crippen molar-refractivity contribution >= 4 is 29.0 Å². The Morgan fingerprint density at radius 1 is 1.18 bits per heavy atom. The van der Waals surface area contributed by atoms with Crippen molar-refractivity contribution in [2.45, 2.75) is 20.4 Å². The number of carbonyl (C=O) groups excluding carboxylic acids is 1.